The molecule has 76 valence electrons. The normalized spacial score (nSPS) is 11.9. The van der Waals surface area contributed by atoms with Gasteiger partial charge in [-0.3, -0.25) is 0 Å². The van der Waals surface area contributed by atoms with Crippen molar-refractivity contribution in [3.63, 3.8) is 0 Å². The topological polar surface area (TPSA) is 76.2 Å². The lowest BCUT2D eigenvalue weighted by atomic mass is 10.1. The Morgan fingerprint density at radius 1 is 1.36 bits per heavy atom. The van der Waals surface area contributed by atoms with Crippen LogP contribution in [0.3, 0.4) is 0 Å². The Morgan fingerprint density at radius 3 is 2.43 bits per heavy atom. The minimum atomic E-state index is -0.0365. The molecule has 5 heteroatoms. The van der Waals surface area contributed by atoms with Crippen molar-refractivity contribution in [2.75, 3.05) is 5.73 Å². The molecule has 1 heterocycles. The predicted octanol–water partition coefficient (Wildman–Crippen LogP) is 0.781. The second-order valence-electron chi connectivity index (χ2n) is 3.99. The zero-order chi connectivity index (χ0) is 10.6. The van der Waals surface area contributed by atoms with Crippen molar-refractivity contribution in [1.29, 1.82) is 0 Å². The smallest absolute Gasteiger partial charge is 0.219 e. The number of rotatable bonds is 2. The maximum atomic E-state index is 5.34. The molecule has 0 fully saturated rings. The van der Waals surface area contributed by atoms with E-state index in [9.17, 15) is 0 Å². The highest BCUT2D eigenvalue weighted by molar-refractivity contribution is 5.78. The molecule has 0 atom stereocenters. The fourth-order valence-electron chi connectivity index (χ4n) is 0.715. The molecule has 0 aromatic carbocycles. The van der Waals surface area contributed by atoms with Crippen LogP contribution < -0.4 is 11.2 Å². The average Bonchev–Trinajstić information content (AvgIpc) is 2.06. The maximum Gasteiger partial charge on any atom is 0.219 e. The Balaban J connectivity index is 2.57. The van der Waals surface area contributed by atoms with Gasteiger partial charge in [0.15, 0.2) is 0 Å². The fraction of sp³-hybridized carbons (Fsp3) is 0.444. The first kappa shape index (κ1) is 10.4. The molecule has 0 saturated heterocycles. The molecule has 3 N–H and O–H groups in total. The first-order valence-corrected chi connectivity index (χ1v) is 4.35. The molecule has 0 bridgehead atoms. The van der Waals surface area contributed by atoms with Crippen molar-refractivity contribution in [2.45, 2.75) is 26.3 Å². The van der Waals surface area contributed by atoms with Gasteiger partial charge in [0.2, 0.25) is 5.95 Å². The van der Waals surface area contributed by atoms with Gasteiger partial charge in [0.05, 0.1) is 6.21 Å². The van der Waals surface area contributed by atoms with Gasteiger partial charge in [0.1, 0.15) is 0 Å². The van der Waals surface area contributed by atoms with Gasteiger partial charge in [-0.25, -0.2) is 9.97 Å². The van der Waals surface area contributed by atoms with E-state index in [4.69, 9.17) is 5.73 Å². The highest BCUT2D eigenvalue weighted by atomic mass is 15.3. The molecule has 0 radical (unpaired) electrons. The Kier molecular flexibility index (Phi) is 3.01. The van der Waals surface area contributed by atoms with Gasteiger partial charge in [-0.05, 0) is 20.8 Å². The number of nitrogens with two attached hydrogens (primary N) is 1. The SMILES string of the molecule is CC(C)(C)N/N=C/c1cnc(N)nc1. The number of nitrogens with zero attached hydrogens (tertiary/aromatic N) is 3. The summed E-state index contributed by atoms with van der Waals surface area (Å²) >= 11 is 0. The standard InChI is InChI=1S/C9H15N5/c1-9(2,3)14-13-6-7-4-11-8(10)12-5-7/h4-6,14H,1-3H3,(H2,10,11,12)/b13-6+. The first-order chi connectivity index (χ1) is 6.47. The third-order valence-electron chi connectivity index (χ3n) is 1.31. The van der Waals surface area contributed by atoms with Crippen LogP contribution in [0.4, 0.5) is 5.95 Å². The summed E-state index contributed by atoms with van der Waals surface area (Å²) in [5, 5.41) is 4.05. The molecule has 0 unspecified atom stereocenters. The van der Waals surface area contributed by atoms with Crippen LogP contribution in [0.2, 0.25) is 0 Å². The molecule has 14 heavy (non-hydrogen) atoms. The van der Waals surface area contributed by atoms with Gasteiger partial charge in [-0.15, -0.1) is 0 Å². The van der Waals surface area contributed by atoms with E-state index in [0.717, 1.165) is 5.56 Å². The van der Waals surface area contributed by atoms with Crippen molar-refractivity contribution < 1.29 is 0 Å². The average molecular weight is 193 g/mol. The van der Waals surface area contributed by atoms with Crippen molar-refractivity contribution in [2.24, 2.45) is 5.10 Å². The Bertz CT molecular complexity index is 309. The summed E-state index contributed by atoms with van der Waals surface area (Å²) < 4.78 is 0. The fourth-order valence-corrected chi connectivity index (χ4v) is 0.715. The molecule has 1 rings (SSSR count). The van der Waals surface area contributed by atoms with Gasteiger partial charge in [0.25, 0.3) is 0 Å². The number of aromatic nitrogens is 2. The van der Waals surface area contributed by atoms with Crippen LogP contribution in [0.5, 0.6) is 0 Å². The van der Waals surface area contributed by atoms with Gasteiger partial charge in [-0.1, -0.05) is 0 Å². The molecule has 5 nitrogen and oxygen atoms in total. The molecule has 0 amide bonds. The molecule has 0 saturated carbocycles. The monoisotopic (exact) mass is 193 g/mol. The molecule has 0 spiro atoms. The van der Waals surface area contributed by atoms with E-state index in [1.54, 1.807) is 18.6 Å². The summed E-state index contributed by atoms with van der Waals surface area (Å²) in [4.78, 5) is 7.68. The number of anilines is 1. The molecule has 0 aliphatic carbocycles. The molecule has 1 aromatic rings. The first-order valence-electron chi connectivity index (χ1n) is 4.35. The Morgan fingerprint density at radius 2 is 1.93 bits per heavy atom. The molecular formula is C9H15N5. The Hall–Kier alpha value is -1.65. The van der Waals surface area contributed by atoms with Crippen LogP contribution in [0.25, 0.3) is 0 Å². The number of hydrazone groups is 1. The van der Waals surface area contributed by atoms with Crippen molar-refractivity contribution in [1.82, 2.24) is 15.4 Å². The number of hydrogen-bond acceptors (Lipinski definition) is 5. The second-order valence-corrected chi connectivity index (χ2v) is 3.99. The van der Waals surface area contributed by atoms with E-state index in [1.807, 2.05) is 20.8 Å². The highest BCUT2D eigenvalue weighted by Gasteiger charge is 2.05. The number of nitrogens with one attached hydrogen (secondary N) is 1. The van der Waals surface area contributed by atoms with Gasteiger partial charge >= 0.3 is 0 Å². The van der Waals surface area contributed by atoms with Crippen molar-refractivity contribution >= 4 is 12.2 Å². The van der Waals surface area contributed by atoms with Crippen LogP contribution in [-0.2, 0) is 0 Å². The summed E-state index contributed by atoms with van der Waals surface area (Å²) in [5.74, 6) is 0.269. The molecule has 0 aliphatic rings. The van der Waals surface area contributed by atoms with E-state index in [-0.39, 0.29) is 11.5 Å². The minimum absolute atomic E-state index is 0.0365. The van der Waals surface area contributed by atoms with Crippen LogP contribution in [0.1, 0.15) is 26.3 Å². The van der Waals surface area contributed by atoms with Gasteiger partial charge in [0, 0.05) is 23.5 Å². The lowest BCUT2D eigenvalue weighted by Gasteiger charge is -2.16. The van der Waals surface area contributed by atoms with Crippen LogP contribution in [0, 0.1) is 0 Å². The minimum Gasteiger partial charge on any atom is -0.368 e. The van der Waals surface area contributed by atoms with Crippen molar-refractivity contribution in [3.05, 3.63) is 18.0 Å². The molecular weight excluding hydrogens is 178 g/mol. The summed E-state index contributed by atoms with van der Waals surface area (Å²) in [6.07, 6.45) is 4.90. The molecule has 0 aliphatic heterocycles. The highest BCUT2D eigenvalue weighted by Crippen LogP contribution is 1.98. The Labute approximate surface area is 83.5 Å². The van der Waals surface area contributed by atoms with Crippen LogP contribution >= 0.6 is 0 Å². The van der Waals surface area contributed by atoms with Gasteiger partial charge < -0.3 is 11.2 Å². The van der Waals surface area contributed by atoms with E-state index >= 15 is 0 Å². The van der Waals surface area contributed by atoms with E-state index in [2.05, 4.69) is 20.5 Å². The van der Waals surface area contributed by atoms with Crippen LogP contribution in [-0.4, -0.2) is 21.7 Å². The predicted molar refractivity (Wildman–Crippen MR) is 56.9 cm³/mol. The van der Waals surface area contributed by atoms with E-state index in [1.165, 1.54) is 0 Å². The lowest BCUT2D eigenvalue weighted by Crippen LogP contribution is -2.31. The summed E-state index contributed by atoms with van der Waals surface area (Å²) in [6, 6.07) is 0. The maximum absolute atomic E-state index is 5.34. The van der Waals surface area contributed by atoms with E-state index in [0.29, 0.717) is 0 Å². The third-order valence-corrected chi connectivity index (χ3v) is 1.31. The van der Waals surface area contributed by atoms with Crippen LogP contribution in [0.15, 0.2) is 17.5 Å². The largest absolute Gasteiger partial charge is 0.368 e. The summed E-state index contributed by atoms with van der Waals surface area (Å²) in [7, 11) is 0. The number of hydrogen-bond donors (Lipinski definition) is 2. The quantitative estimate of drug-likeness (QED) is 0.537. The number of nitrogen functional groups attached to an aromatic ring is 1. The summed E-state index contributed by atoms with van der Waals surface area (Å²) in [5.41, 5.74) is 9.09. The van der Waals surface area contributed by atoms with Gasteiger partial charge in [-0.2, -0.15) is 5.10 Å². The third kappa shape index (κ3) is 3.84. The zero-order valence-corrected chi connectivity index (χ0v) is 8.65. The van der Waals surface area contributed by atoms with E-state index < -0.39 is 0 Å². The van der Waals surface area contributed by atoms with Crippen molar-refractivity contribution in [3.8, 4) is 0 Å². The zero-order valence-electron chi connectivity index (χ0n) is 8.65. The molecule has 1 aromatic heterocycles. The lowest BCUT2D eigenvalue weighted by molar-refractivity contribution is 0.442. The summed E-state index contributed by atoms with van der Waals surface area (Å²) in [6.45, 7) is 6.09. The second kappa shape index (κ2) is 4.04.